The molecule has 0 saturated heterocycles. The van der Waals surface area contributed by atoms with Gasteiger partial charge in [-0.2, -0.15) is 0 Å². The summed E-state index contributed by atoms with van der Waals surface area (Å²) in [5.74, 6) is 1.92. The maximum absolute atomic E-state index is 5.58. The maximum atomic E-state index is 5.58. The Balaban J connectivity index is 0.00000529. The number of halogens is 1. The monoisotopic (exact) mass is 468 g/mol. The van der Waals surface area contributed by atoms with Crippen molar-refractivity contribution < 1.29 is 4.74 Å². The average molecular weight is 468 g/mol. The van der Waals surface area contributed by atoms with Crippen LogP contribution in [0.5, 0.6) is 0 Å². The molecule has 1 rings (SSSR count). The Hall–Kier alpha value is -0.410. The van der Waals surface area contributed by atoms with Crippen molar-refractivity contribution in [2.75, 3.05) is 26.3 Å². The van der Waals surface area contributed by atoms with Crippen molar-refractivity contribution in [2.24, 2.45) is 10.9 Å². The Morgan fingerprint density at radius 1 is 1.29 bits per heavy atom. The molecule has 1 aromatic rings. The molecule has 0 bridgehead atoms. The highest BCUT2D eigenvalue weighted by atomic mass is 127. The summed E-state index contributed by atoms with van der Waals surface area (Å²) < 4.78 is 5.58. The number of aromatic nitrogens is 1. The summed E-state index contributed by atoms with van der Waals surface area (Å²) in [5, 5.41) is 9.88. The molecule has 1 aromatic heterocycles. The van der Waals surface area contributed by atoms with E-state index in [4.69, 9.17) is 4.74 Å². The first-order valence-electron chi connectivity index (χ1n) is 8.57. The number of aliphatic imine (C=N–C) groups is 1. The third-order valence-corrected chi connectivity index (χ3v) is 4.21. The molecule has 0 aromatic carbocycles. The van der Waals surface area contributed by atoms with Crippen molar-refractivity contribution >= 4 is 41.3 Å². The number of guanidine groups is 1. The molecule has 0 amide bonds. The Morgan fingerprint density at radius 2 is 2.04 bits per heavy atom. The first kappa shape index (κ1) is 23.6. The molecule has 0 atom stereocenters. The van der Waals surface area contributed by atoms with E-state index in [1.807, 2.05) is 0 Å². The van der Waals surface area contributed by atoms with Crippen molar-refractivity contribution in [1.82, 2.24) is 15.6 Å². The van der Waals surface area contributed by atoms with E-state index in [2.05, 4.69) is 60.6 Å². The Bertz CT molecular complexity index is 463. The summed E-state index contributed by atoms with van der Waals surface area (Å²) in [6.07, 6.45) is 0.978. The summed E-state index contributed by atoms with van der Waals surface area (Å²) >= 11 is 1.71. The number of hydrogen-bond donors (Lipinski definition) is 2. The van der Waals surface area contributed by atoms with Crippen LogP contribution in [0.2, 0.25) is 0 Å². The highest BCUT2D eigenvalue weighted by molar-refractivity contribution is 14.0. The molecular weight excluding hydrogens is 435 g/mol. The van der Waals surface area contributed by atoms with E-state index in [0.717, 1.165) is 44.4 Å². The Morgan fingerprint density at radius 3 is 2.62 bits per heavy atom. The molecule has 140 valence electrons. The van der Waals surface area contributed by atoms with Gasteiger partial charge in [-0.3, -0.25) is 0 Å². The molecule has 5 nitrogen and oxygen atoms in total. The van der Waals surface area contributed by atoms with E-state index in [1.54, 1.807) is 11.3 Å². The molecule has 24 heavy (non-hydrogen) atoms. The largest absolute Gasteiger partial charge is 0.381 e. The number of nitrogens with one attached hydrogen (secondary N) is 2. The highest BCUT2D eigenvalue weighted by Gasteiger charge is 2.05. The van der Waals surface area contributed by atoms with Gasteiger partial charge in [-0.25, -0.2) is 9.98 Å². The van der Waals surface area contributed by atoms with Crippen molar-refractivity contribution in [3.8, 4) is 0 Å². The van der Waals surface area contributed by atoms with Crippen LogP contribution >= 0.6 is 35.3 Å². The van der Waals surface area contributed by atoms with Crippen LogP contribution in [0.25, 0.3) is 0 Å². The van der Waals surface area contributed by atoms with Crippen molar-refractivity contribution in [2.45, 2.75) is 53.5 Å². The molecule has 0 aliphatic carbocycles. The topological polar surface area (TPSA) is 58.5 Å². The molecule has 0 fully saturated rings. The Labute approximate surface area is 168 Å². The molecule has 0 unspecified atom stereocenters. The molecule has 0 aliphatic rings. The minimum atomic E-state index is 0. The second-order valence-corrected chi connectivity index (χ2v) is 7.17. The predicted octanol–water partition coefficient (Wildman–Crippen LogP) is 4.00. The van der Waals surface area contributed by atoms with Gasteiger partial charge in [-0.1, -0.05) is 27.7 Å². The van der Waals surface area contributed by atoms with Crippen molar-refractivity contribution in [3.63, 3.8) is 0 Å². The van der Waals surface area contributed by atoms with Crippen LogP contribution in [-0.2, 0) is 11.3 Å². The highest BCUT2D eigenvalue weighted by Crippen LogP contribution is 2.19. The normalized spacial score (nSPS) is 11.7. The third-order valence-electron chi connectivity index (χ3n) is 3.02. The van der Waals surface area contributed by atoms with E-state index >= 15 is 0 Å². The zero-order valence-electron chi connectivity index (χ0n) is 15.6. The lowest BCUT2D eigenvalue weighted by atomic mass is 10.2. The van der Waals surface area contributed by atoms with Gasteiger partial charge in [0.05, 0.1) is 17.2 Å². The standard InChI is InChI=1S/C17H32N4OS.HI/c1-6-18-17(19-8-7-9-22-11-13(2)3)20-10-15-12-23-16(21-15)14(4)5;/h12-14H,6-11H2,1-5H3,(H2,18,19,20);1H. The van der Waals surface area contributed by atoms with Crippen LogP contribution in [0.15, 0.2) is 10.4 Å². The van der Waals surface area contributed by atoms with Gasteiger partial charge in [0, 0.05) is 37.6 Å². The summed E-state index contributed by atoms with van der Waals surface area (Å²) in [4.78, 5) is 9.22. The number of thiazole rings is 1. The second-order valence-electron chi connectivity index (χ2n) is 6.28. The summed E-state index contributed by atoms with van der Waals surface area (Å²) in [5.41, 5.74) is 1.04. The van der Waals surface area contributed by atoms with Crippen LogP contribution in [-0.4, -0.2) is 37.2 Å². The Kier molecular flexibility index (Phi) is 13.6. The van der Waals surface area contributed by atoms with Gasteiger partial charge in [0.2, 0.25) is 0 Å². The van der Waals surface area contributed by atoms with Crippen LogP contribution in [0.1, 0.15) is 57.7 Å². The number of hydrogen-bond acceptors (Lipinski definition) is 4. The van der Waals surface area contributed by atoms with Crippen molar-refractivity contribution in [3.05, 3.63) is 16.1 Å². The zero-order chi connectivity index (χ0) is 17.1. The van der Waals surface area contributed by atoms with Crippen LogP contribution in [0.3, 0.4) is 0 Å². The lowest BCUT2D eigenvalue weighted by Gasteiger charge is -2.11. The van der Waals surface area contributed by atoms with E-state index in [-0.39, 0.29) is 24.0 Å². The minimum Gasteiger partial charge on any atom is -0.381 e. The predicted molar refractivity (Wildman–Crippen MR) is 115 cm³/mol. The quantitative estimate of drug-likeness (QED) is 0.236. The first-order chi connectivity index (χ1) is 11.0. The fourth-order valence-corrected chi connectivity index (χ4v) is 2.69. The fourth-order valence-electron chi connectivity index (χ4n) is 1.86. The van der Waals surface area contributed by atoms with E-state index < -0.39 is 0 Å². The first-order valence-corrected chi connectivity index (χ1v) is 9.45. The molecule has 0 saturated carbocycles. The molecular formula is C17H33IN4OS. The zero-order valence-corrected chi connectivity index (χ0v) is 18.7. The minimum absolute atomic E-state index is 0. The molecule has 7 heteroatoms. The SMILES string of the molecule is CCNC(=NCc1csc(C(C)C)n1)NCCCOCC(C)C.I. The molecule has 2 N–H and O–H groups in total. The van der Waals surface area contributed by atoms with Gasteiger partial charge in [0.25, 0.3) is 0 Å². The number of ether oxygens (including phenoxy) is 1. The van der Waals surface area contributed by atoms with Gasteiger partial charge in [-0.05, 0) is 19.3 Å². The summed E-state index contributed by atoms with van der Waals surface area (Å²) in [6, 6.07) is 0. The summed E-state index contributed by atoms with van der Waals surface area (Å²) in [6.45, 7) is 14.7. The van der Waals surface area contributed by atoms with Crippen molar-refractivity contribution in [1.29, 1.82) is 0 Å². The maximum Gasteiger partial charge on any atom is 0.191 e. The number of rotatable bonds is 10. The fraction of sp³-hybridized carbons (Fsp3) is 0.765. The average Bonchev–Trinajstić information content (AvgIpc) is 2.97. The van der Waals surface area contributed by atoms with Crippen LogP contribution in [0, 0.1) is 5.92 Å². The van der Waals surface area contributed by atoms with Crippen LogP contribution in [0.4, 0.5) is 0 Å². The molecule has 0 spiro atoms. The molecule has 1 heterocycles. The van der Waals surface area contributed by atoms with Gasteiger partial charge >= 0.3 is 0 Å². The molecule has 0 radical (unpaired) electrons. The second kappa shape index (κ2) is 13.8. The summed E-state index contributed by atoms with van der Waals surface area (Å²) in [7, 11) is 0. The van der Waals surface area contributed by atoms with Gasteiger partial charge in [0.15, 0.2) is 5.96 Å². The van der Waals surface area contributed by atoms with E-state index in [1.165, 1.54) is 5.01 Å². The van der Waals surface area contributed by atoms with E-state index in [0.29, 0.717) is 18.4 Å². The van der Waals surface area contributed by atoms with Gasteiger partial charge in [-0.15, -0.1) is 35.3 Å². The lowest BCUT2D eigenvalue weighted by Crippen LogP contribution is -2.38. The third kappa shape index (κ3) is 10.5. The van der Waals surface area contributed by atoms with Crippen LogP contribution < -0.4 is 10.6 Å². The van der Waals surface area contributed by atoms with E-state index in [9.17, 15) is 0 Å². The smallest absolute Gasteiger partial charge is 0.191 e. The lowest BCUT2D eigenvalue weighted by molar-refractivity contribution is 0.108. The number of nitrogens with zero attached hydrogens (tertiary/aromatic N) is 2. The van der Waals surface area contributed by atoms with Gasteiger partial charge < -0.3 is 15.4 Å². The van der Waals surface area contributed by atoms with Gasteiger partial charge in [0.1, 0.15) is 0 Å². The molecule has 0 aliphatic heterocycles.